The number of aromatic nitrogens is 3. The number of anilines is 1. The molecular formula is C29H34N6O4. The average molecular weight is 531 g/mol. The summed E-state index contributed by atoms with van der Waals surface area (Å²) in [5.41, 5.74) is 5.06. The number of urea groups is 1. The Morgan fingerprint density at radius 2 is 1.85 bits per heavy atom. The van der Waals surface area contributed by atoms with Gasteiger partial charge in [0.1, 0.15) is 0 Å². The largest absolute Gasteiger partial charge is 0.465 e. The van der Waals surface area contributed by atoms with Crippen molar-refractivity contribution in [3.63, 3.8) is 0 Å². The number of ether oxygens (including phenoxy) is 1. The lowest BCUT2D eigenvalue weighted by Gasteiger charge is -2.17. The minimum Gasteiger partial charge on any atom is -0.465 e. The van der Waals surface area contributed by atoms with Gasteiger partial charge in [-0.15, -0.1) is 0 Å². The minimum atomic E-state index is -0.450. The lowest BCUT2D eigenvalue weighted by molar-refractivity contribution is -0.121. The fourth-order valence-corrected chi connectivity index (χ4v) is 4.98. The first-order chi connectivity index (χ1) is 18.8. The van der Waals surface area contributed by atoms with Crippen LogP contribution in [0.15, 0.2) is 36.5 Å². The monoisotopic (exact) mass is 530 g/mol. The highest BCUT2D eigenvalue weighted by Crippen LogP contribution is 2.36. The molecule has 1 aliphatic heterocycles. The van der Waals surface area contributed by atoms with Gasteiger partial charge in [-0.05, 0) is 66.6 Å². The molecule has 2 aromatic heterocycles. The maximum atomic E-state index is 13.1. The number of carbonyl (C=O) groups excluding carboxylic acids is 3. The van der Waals surface area contributed by atoms with Gasteiger partial charge in [-0.25, -0.2) is 9.59 Å². The van der Waals surface area contributed by atoms with Crippen molar-refractivity contribution >= 4 is 45.4 Å². The Labute approximate surface area is 226 Å². The molecule has 0 aliphatic carbocycles. The molecule has 0 atom stereocenters. The number of benzene rings is 2. The van der Waals surface area contributed by atoms with E-state index in [9.17, 15) is 14.4 Å². The summed E-state index contributed by atoms with van der Waals surface area (Å²) < 4.78 is 4.96. The number of esters is 1. The summed E-state index contributed by atoms with van der Waals surface area (Å²) in [6.45, 7) is 6.23. The summed E-state index contributed by atoms with van der Waals surface area (Å²) in [7, 11) is 1.35. The second kappa shape index (κ2) is 11.2. The Morgan fingerprint density at radius 3 is 2.59 bits per heavy atom. The van der Waals surface area contributed by atoms with Crippen LogP contribution >= 0.6 is 0 Å². The summed E-state index contributed by atoms with van der Waals surface area (Å²) in [6.07, 6.45) is 4.61. The number of fused-ring (bicyclic) bond motifs is 2. The van der Waals surface area contributed by atoms with Crippen LogP contribution in [0.5, 0.6) is 0 Å². The van der Waals surface area contributed by atoms with Crippen molar-refractivity contribution in [3.8, 4) is 11.1 Å². The molecule has 39 heavy (non-hydrogen) atoms. The van der Waals surface area contributed by atoms with Gasteiger partial charge in [0, 0.05) is 48.0 Å². The summed E-state index contributed by atoms with van der Waals surface area (Å²) in [5, 5.41) is 14.9. The smallest absolute Gasteiger partial charge is 0.337 e. The van der Waals surface area contributed by atoms with Gasteiger partial charge in [0.25, 0.3) is 0 Å². The van der Waals surface area contributed by atoms with Gasteiger partial charge in [0.2, 0.25) is 5.91 Å². The number of aryl methyl sites for hydroxylation is 1. The topological polar surface area (TPSA) is 132 Å². The molecule has 0 saturated carbocycles. The molecule has 10 nitrogen and oxygen atoms in total. The summed E-state index contributed by atoms with van der Waals surface area (Å²) in [5.74, 6) is -0.0523. The van der Waals surface area contributed by atoms with Crippen LogP contribution in [0.3, 0.4) is 0 Å². The zero-order valence-electron chi connectivity index (χ0n) is 22.5. The first-order valence-electron chi connectivity index (χ1n) is 13.4. The number of aromatic amines is 2. The molecule has 1 fully saturated rings. The minimum absolute atomic E-state index is 0.00702. The van der Waals surface area contributed by atoms with Crippen LogP contribution in [0.4, 0.5) is 10.5 Å². The van der Waals surface area contributed by atoms with Crippen molar-refractivity contribution in [2.24, 2.45) is 5.92 Å². The molecule has 0 spiro atoms. The average Bonchev–Trinajstić information content (AvgIpc) is 3.70. The number of nitrogens with one attached hydrogen (secondary N) is 4. The van der Waals surface area contributed by atoms with Gasteiger partial charge < -0.3 is 25.3 Å². The number of rotatable bonds is 8. The lowest BCUT2D eigenvalue weighted by Crippen LogP contribution is -2.32. The number of carbonyl (C=O) groups is 3. The second-order valence-corrected chi connectivity index (χ2v) is 10.4. The molecule has 4 N–H and O–H groups in total. The van der Waals surface area contributed by atoms with E-state index in [1.165, 1.54) is 7.11 Å². The fraction of sp³-hybridized carbons (Fsp3) is 0.379. The highest BCUT2D eigenvalue weighted by molar-refractivity contribution is 6.07. The molecule has 1 aliphatic rings. The van der Waals surface area contributed by atoms with Crippen molar-refractivity contribution in [2.75, 3.05) is 32.1 Å². The van der Waals surface area contributed by atoms with Crippen molar-refractivity contribution in [2.45, 2.75) is 39.5 Å². The second-order valence-electron chi connectivity index (χ2n) is 10.4. The van der Waals surface area contributed by atoms with Crippen LogP contribution in [-0.2, 0) is 16.0 Å². The molecule has 0 radical (unpaired) electrons. The van der Waals surface area contributed by atoms with Gasteiger partial charge >= 0.3 is 12.0 Å². The van der Waals surface area contributed by atoms with E-state index < -0.39 is 5.97 Å². The van der Waals surface area contributed by atoms with Crippen LogP contribution in [0, 0.1) is 5.92 Å². The van der Waals surface area contributed by atoms with Crippen LogP contribution in [0.25, 0.3) is 32.9 Å². The van der Waals surface area contributed by atoms with E-state index in [4.69, 9.17) is 4.74 Å². The fourth-order valence-electron chi connectivity index (χ4n) is 4.98. The highest BCUT2D eigenvalue weighted by atomic mass is 16.5. The first-order valence-corrected chi connectivity index (χ1v) is 13.4. The Balaban J connectivity index is 1.54. The van der Waals surface area contributed by atoms with E-state index >= 15 is 0 Å². The third kappa shape index (κ3) is 5.74. The van der Waals surface area contributed by atoms with Gasteiger partial charge in [0.15, 0.2) is 0 Å². The molecule has 0 bridgehead atoms. The van der Waals surface area contributed by atoms with Crippen molar-refractivity contribution in [3.05, 3.63) is 47.8 Å². The number of hydrogen-bond donors (Lipinski definition) is 4. The summed E-state index contributed by atoms with van der Waals surface area (Å²) in [4.78, 5) is 43.0. The molecule has 3 heterocycles. The van der Waals surface area contributed by atoms with Crippen LogP contribution in [0.1, 0.15) is 49.2 Å². The molecule has 2 aromatic carbocycles. The number of H-pyrrole nitrogens is 2. The summed E-state index contributed by atoms with van der Waals surface area (Å²) >= 11 is 0. The normalized spacial score (nSPS) is 13.4. The van der Waals surface area contributed by atoms with Crippen molar-refractivity contribution in [1.29, 1.82) is 0 Å². The van der Waals surface area contributed by atoms with Crippen molar-refractivity contribution in [1.82, 2.24) is 25.4 Å². The number of nitrogens with zero attached hydrogens (tertiary/aromatic N) is 2. The van der Waals surface area contributed by atoms with Crippen LogP contribution in [-0.4, -0.2) is 64.7 Å². The zero-order chi connectivity index (χ0) is 27.5. The number of methoxy groups -OCH3 is 1. The predicted molar refractivity (Wildman–Crippen MR) is 151 cm³/mol. The molecule has 10 heteroatoms. The molecule has 204 valence electrons. The van der Waals surface area contributed by atoms with Crippen LogP contribution < -0.4 is 10.6 Å². The van der Waals surface area contributed by atoms with E-state index in [-0.39, 0.29) is 11.9 Å². The van der Waals surface area contributed by atoms with E-state index in [0.717, 1.165) is 59.0 Å². The molecule has 1 saturated heterocycles. The quantitative estimate of drug-likeness (QED) is 0.242. The van der Waals surface area contributed by atoms with Crippen molar-refractivity contribution < 1.29 is 19.1 Å². The molecule has 5 rings (SSSR count). The first kappa shape index (κ1) is 26.3. The standard InChI is InChI=1S/C29H34N6O4/c1-17(2)15-30-27(36)7-6-20-14-22-24(32-20)11-18(12-25(22)33-29(38)35-8-4-5-9-35)21-10-19(28(37)39-3)13-26-23(21)16-31-34-26/h10-14,16-17,32H,4-9,15H2,1-3H3,(H,30,36)(H,31,34)(H,33,38). The molecular weight excluding hydrogens is 496 g/mol. The van der Waals surface area contributed by atoms with Gasteiger partial charge in [-0.1, -0.05) is 13.8 Å². The number of amides is 3. The molecule has 3 amide bonds. The maximum absolute atomic E-state index is 13.1. The molecule has 4 aromatic rings. The Morgan fingerprint density at radius 1 is 1.05 bits per heavy atom. The molecule has 0 unspecified atom stereocenters. The Bertz CT molecular complexity index is 1530. The third-order valence-corrected chi connectivity index (χ3v) is 7.05. The SMILES string of the molecule is COC(=O)c1cc(-c2cc(NC(=O)N3CCCC3)c3cc(CCC(=O)NCC(C)C)[nH]c3c2)c2cn[nH]c2c1. The maximum Gasteiger partial charge on any atom is 0.337 e. The zero-order valence-corrected chi connectivity index (χ0v) is 22.5. The van der Waals surface area contributed by atoms with Gasteiger partial charge in [-0.2, -0.15) is 5.10 Å². The lowest BCUT2D eigenvalue weighted by atomic mass is 9.97. The van der Waals surface area contributed by atoms with E-state index in [1.54, 1.807) is 18.3 Å². The predicted octanol–water partition coefficient (Wildman–Crippen LogP) is 4.83. The summed E-state index contributed by atoms with van der Waals surface area (Å²) in [6, 6.07) is 9.26. The van der Waals surface area contributed by atoms with E-state index in [1.807, 2.05) is 23.1 Å². The third-order valence-electron chi connectivity index (χ3n) is 7.05. The number of hydrogen-bond acceptors (Lipinski definition) is 5. The van der Waals surface area contributed by atoms with E-state index in [0.29, 0.717) is 42.1 Å². The van der Waals surface area contributed by atoms with Crippen LogP contribution in [0.2, 0.25) is 0 Å². The highest BCUT2D eigenvalue weighted by Gasteiger charge is 2.21. The Hall–Kier alpha value is -4.34. The van der Waals surface area contributed by atoms with Gasteiger partial charge in [0.05, 0.1) is 30.1 Å². The Kier molecular flexibility index (Phi) is 7.53. The number of likely N-dealkylation sites (tertiary alicyclic amines) is 1. The van der Waals surface area contributed by atoms with E-state index in [2.05, 4.69) is 39.7 Å². The van der Waals surface area contributed by atoms with Gasteiger partial charge in [-0.3, -0.25) is 9.89 Å².